The molecule has 3 aromatic rings. The Balaban J connectivity index is 1.59. The molecule has 1 heterocycles. The third-order valence-electron chi connectivity index (χ3n) is 3.66. The lowest BCUT2D eigenvalue weighted by Gasteiger charge is -2.05. The average molecular weight is 376 g/mol. The smallest absolute Gasteiger partial charge is 0.241 e. The predicted octanol–water partition coefficient (Wildman–Crippen LogP) is 3.67. The van der Waals surface area contributed by atoms with E-state index in [0.717, 1.165) is 16.6 Å². The summed E-state index contributed by atoms with van der Waals surface area (Å²) in [4.78, 5) is 12.0. The number of rotatable bonds is 5. The second-order valence-corrected chi connectivity index (χ2v) is 6.23. The van der Waals surface area contributed by atoms with Crippen LogP contribution in [0.3, 0.4) is 0 Å². The van der Waals surface area contributed by atoms with Crippen LogP contribution in [-0.4, -0.2) is 26.6 Å². The lowest BCUT2D eigenvalue weighted by molar-refractivity contribution is -0.121. The van der Waals surface area contributed by atoms with E-state index in [1.54, 1.807) is 29.8 Å². The lowest BCUT2D eigenvalue weighted by atomic mass is 10.1. The standard InChI is InChI=1S/C17H15Cl2N5O/c1-11(12-6-7-13(18)14(19)10-12)20-22-17(25)8-9-24-16-5-3-2-4-15(16)21-23-24/h2-7,10H,8-9H2,1H3,(H,22,25)/b20-11+. The van der Waals surface area contributed by atoms with Crippen LogP contribution < -0.4 is 5.43 Å². The van der Waals surface area contributed by atoms with Crippen LogP contribution in [0.5, 0.6) is 0 Å². The maximum Gasteiger partial charge on any atom is 0.241 e. The van der Waals surface area contributed by atoms with Crippen molar-refractivity contribution in [1.29, 1.82) is 0 Å². The quantitative estimate of drug-likeness (QED) is 0.546. The number of carbonyl (C=O) groups excluding carboxylic acids is 1. The zero-order valence-electron chi connectivity index (χ0n) is 13.4. The Bertz CT molecular complexity index is 951. The Morgan fingerprint density at radius 1 is 1.20 bits per heavy atom. The number of hydrogen-bond acceptors (Lipinski definition) is 4. The van der Waals surface area contributed by atoms with Gasteiger partial charge in [0.2, 0.25) is 5.91 Å². The number of carbonyl (C=O) groups is 1. The van der Waals surface area contributed by atoms with Crippen molar-refractivity contribution in [3.63, 3.8) is 0 Å². The summed E-state index contributed by atoms with van der Waals surface area (Å²) in [6, 6.07) is 12.8. The van der Waals surface area contributed by atoms with Crippen molar-refractivity contribution in [2.45, 2.75) is 19.9 Å². The van der Waals surface area contributed by atoms with Gasteiger partial charge in [-0.25, -0.2) is 10.1 Å². The molecule has 2 aromatic carbocycles. The zero-order chi connectivity index (χ0) is 17.8. The Morgan fingerprint density at radius 3 is 2.80 bits per heavy atom. The lowest BCUT2D eigenvalue weighted by Crippen LogP contribution is -2.21. The van der Waals surface area contributed by atoms with Crippen molar-refractivity contribution in [2.24, 2.45) is 5.10 Å². The van der Waals surface area contributed by atoms with Crippen LogP contribution in [0.15, 0.2) is 47.6 Å². The highest BCUT2D eigenvalue weighted by Gasteiger charge is 2.07. The summed E-state index contributed by atoms with van der Waals surface area (Å²) >= 11 is 11.9. The minimum Gasteiger partial charge on any atom is -0.273 e. The van der Waals surface area contributed by atoms with Gasteiger partial charge in [0, 0.05) is 6.42 Å². The number of nitrogens with zero attached hydrogens (tertiary/aromatic N) is 4. The van der Waals surface area contributed by atoms with Gasteiger partial charge in [0.1, 0.15) is 5.52 Å². The van der Waals surface area contributed by atoms with Gasteiger partial charge in [-0.2, -0.15) is 5.10 Å². The van der Waals surface area contributed by atoms with E-state index in [9.17, 15) is 4.79 Å². The number of benzene rings is 2. The average Bonchev–Trinajstić information content (AvgIpc) is 3.03. The molecule has 0 saturated heterocycles. The van der Waals surface area contributed by atoms with E-state index in [1.807, 2.05) is 24.3 Å². The fraction of sp³-hybridized carbons (Fsp3) is 0.176. The summed E-state index contributed by atoms with van der Waals surface area (Å²) < 4.78 is 1.70. The van der Waals surface area contributed by atoms with Crippen LogP contribution >= 0.6 is 23.2 Å². The van der Waals surface area contributed by atoms with Gasteiger partial charge in [-0.05, 0) is 36.8 Å². The number of fused-ring (bicyclic) bond motifs is 1. The maximum absolute atomic E-state index is 12.0. The van der Waals surface area contributed by atoms with E-state index in [-0.39, 0.29) is 12.3 Å². The van der Waals surface area contributed by atoms with Gasteiger partial charge in [-0.3, -0.25) is 4.79 Å². The molecule has 0 bridgehead atoms. The van der Waals surface area contributed by atoms with Crippen molar-refractivity contribution in [1.82, 2.24) is 20.4 Å². The largest absolute Gasteiger partial charge is 0.273 e. The SMILES string of the molecule is C/C(=N\NC(=O)CCn1nnc2ccccc21)c1ccc(Cl)c(Cl)c1. The van der Waals surface area contributed by atoms with Crippen LogP contribution in [0, 0.1) is 0 Å². The first-order chi connectivity index (χ1) is 12.0. The van der Waals surface area contributed by atoms with Crippen molar-refractivity contribution in [3.8, 4) is 0 Å². The number of aryl methyl sites for hydroxylation is 1. The van der Waals surface area contributed by atoms with E-state index < -0.39 is 0 Å². The van der Waals surface area contributed by atoms with Crippen LogP contribution in [0.2, 0.25) is 10.0 Å². The normalized spacial score (nSPS) is 11.7. The molecule has 1 N–H and O–H groups in total. The number of aromatic nitrogens is 3. The Morgan fingerprint density at radius 2 is 2.00 bits per heavy atom. The maximum atomic E-state index is 12.0. The van der Waals surface area contributed by atoms with Gasteiger partial charge in [-0.1, -0.05) is 46.6 Å². The first-order valence-electron chi connectivity index (χ1n) is 7.61. The molecule has 0 fully saturated rings. The summed E-state index contributed by atoms with van der Waals surface area (Å²) in [5.74, 6) is -0.209. The number of halogens is 2. The van der Waals surface area contributed by atoms with Crippen molar-refractivity contribution < 1.29 is 4.79 Å². The van der Waals surface area contributed by atoms with Crippen LogP contribution in [0.4, 0.5) is 0 Å². The summed E-state index contributed by atoms with van der Waals surface area (Å²) in [5, 5.41) is 13.1. The number of para-hydroxylation sites is 1. The number of nitrogens with one attached hydrogen (secondary N) is 1. The molecule has 0 spiro atoms. The first kappa shape index (κ1) is 17.4. The Labute approximate surface area is 154 Å². The molecule has 128 valence electrons. The molecule has 0 aliphatic heterocycles. The molecule has 0 saturated carbocycles. The molecule has 0 atom stereocenters. The second kappa shape index (κ2) is 7.63. The molecular weight excluding hydrogens is 361 g/mol. The topological polar surface area (TPSA) is 72.2 Å². The predicted molar refractivity (Wildman–Crippen MR) is 99.0 cm³/mol. The molecule has 3 rings (SSSR count). The van der Waals surface area contributed by atoms with E-state index in [1.165, 1.54) is 0 Å². The van der Waals surface area contributed by atoms with Gasteiger partial charge in [0.05, 0.1) is 27.8 Å². The molecule has 0 aliphatic carbocycles. The minimum absolute atomic E-state index is 0.209. The molecule has 6 nitrogen and oxygen atoms in total. The van der Waals surface area contributed by atoms with Gasteiger partial charge in [0.15, 0.2) is 0 Å². The molecule has 8 heteroatoms. The molecule has 1 aromatic heterocycles. The molecule has 0 aliphatic rings. The third kappa shape index (κ3) is 4.15. The first-order valence-corrected chi connectivity index (χ1v) is 8.37. The fourth-order valence-corrected chi connectivity index (χ4v) is 2.58. The van der Waals surface area contributed by atoms with Crippen LogP contribution in [0.1, 0.15) is 18.9 Å². The monoisotopic (exact) mass is 375 g/mol. The summed E-state index contributed by atoms with van der Waals surface area (Å²) in [7, 11) is 0. The molecule has 0 radical (unpaired) electrons. The highest BCUT2D eigenvalue weighted by molar-refractivity contribution is 6.42. The Kier molecular flexibility index (Phi) is 5.31. The summed E-state index contributed by atoms with van der Waals surface area (Å²) in [6.07, 6.45) is 0.242. The van der Waals surface area contributed by atoms with Gasteiger partial charge in [0.25, 0.3) is 0 Å². The van der Waals surface area contributed by atoms with Crippen molar-refractivity contribution >= 4 is 45.9 Å². The zero-order valence-corrected chi connectivity index (χ0v) is 14.9. The fourth-order valence-electron chi connectivity index (χ4n) is 2.28. The van der Waals surface area contributed by atoms with E-state index >= 15 is 0 Å². The van der Waals surface area contributed by atoms with E-state index in [2.05, 4.69) is 20.8 Å². The number of hydrazone groups is 1. The van der Waals surface area contributed by atoms with Crippen LogP contribution in [-0.2, 0) is 11.3 Å². The summed E-state index contributed by atoms with van der Waals surface area (Å²) in [5.41, 5.74) is 5.66. The van der Waals surface area contributed by atoms with E-state index in [4.69, 9.17) is 23.2 Å². The van der Waals surface area contributed by atoms with Crippen molar-refractivity contribution in [3.05, 3.63) is 58.1 Å². The van der Waals surface area contributed by atoms with Gasteiger partial charge < -0.3 is 0 Å². The Hall–Kier alpha value is -2.44. The summed E-state index contributed by atoms with van der Waals surface area (Å²) in [6.45, 7) is 2.21. The number of hydrogen-bond donors (Lipinski definition) is 1. The second-order valence-electron chi connectivity index (χ2n) is 5.41. The van der Waals surface area contributed by atoms with Crippen LogP contribution in [0.25, 0.3) is 11.0 Å². The van der Waals surface area contributed by atoms with Crippen molar-refractivity contribution in [2.75, 3.05) is 0 Å². The third-order valence-corrected chi connectivity index (χ3v) is 4.40. The molecule has 0 unspecified atom stereocenters. The van der Waals surface area contributed by atoms with Gasteiger partial charge in [-0.15, -0.1) is 5.10 Å². The highest BCUT2D eigenvalue weighted by Crippen LogP contribution is 2.22. The molecule has 25 heavy (non-hydrogen) atoms. The molecular formula is C17H15Cl2N5O. The highest BCUT2D eigenvalue weighted by atomic mass is 35.5. The minimum atomic E-state index is -0.209. The molecule has 1 amide bonds. The number of amides is 1. The van der Waals surface area contributed by atoms with Gasteiger partial charge >= 0.3 is 0 Å². The van der Waals surface area contributed by atoms with E-state index in [0.29, 0.717) is 22.3 Å².